The summed E-state index contributed by atoms with van der Waals surface area (Å²) in [5.74, 6) is 0.621. The van der Waals surface area contributed by atoms with Crippen molar-refractivity contribution in [3.05, 3.63) is 46.4 Å². The van der Waals surface area contributed by atoms with Crippen LogP contribution in [0.3, 0.4) is 0 Å². The predicted octanol–water partition coefficient (Wildman–Crippen LogP) is 4.23. The van der Waals surface area contributed by atoms with Gasteiger partial charge in [-0.05, 0) is 49.5 Å². The lowest BCUT2D eigenvalue weighted by molar-refractivity contribution is -0.567. The molecule has 0 radical (unpaired) electrons. The van der Waals surface area contributed by atoms with Crippen LogP contribution in [0.15, 0.2) is 30.6 Å². The second-order valence-corrected chi connectivity index (χ2v) is 6.88. The summed E-state index contributed by atoms with van der Waals surface area (Å²) >= 11 is 5.49. The number of aryl methyl sites for hydroxylation is 1. The van der Waals surface area contributed by atoms with Gasteiger partial charge in [-0.1, -0.05) is 25.3 Å². The largest absolute Gasteiger partial charge is 0.309 e. The van der Waals surface area contributed by atoms with Gasteiger partial charge in [-0.3, -0.25) is 4.98 Å². The van der Waals surface area contributed by atoms with Crippen LogP contribution in [0.5, 0.6) is 0 Å². The van der Waals surface area contributed by atoms with Crippen LogP contribution in [0, 0.1) is 11.6 Å². The molecule has 3 aromatic heterocycles. The molecule has 23 heavy (non-hydrogen) atoms. The van der Waals surface area contributed by atoms with Crippen LogP contribution in [-0.2, 0) is 0 Å². The first kappa shape index (κ1) is 14.6. The lowest BCUT2D eigenvalue weighted by atomic mass is 9.85. The predicted molar refractivity (Wildman–Crippen MR) is 92.9 cm³/mol. The van der Waals surface area contributed by atoms with Gasteiger partial charge in [0.2, 0.25) is 0 Å². The molecule has 1 fully saturated rings. The first-order chi connectivity index (χ1) is 11.2. The average molecular weight is 325 g/mol. The third-order valence-electron chi connectivity index (χ3n) is 4.89. The van der Waals surface area contributed by atoms with Gasteiger partial charge < -0.3 is 0 Å². The lowest BCUT2D eigenvalue weighted by Crippen LogP contribution is -2.28. The van der Waals surface area contributed by atoms with Crippen molar-refractivity contribution in [1.29, 1.82) is 0 Å². The fourth-order valence-corrected chi connectivity index (χ4v) is 3.92. The van der Waals surface area contributed by atoms with Gasteiger partial charge >= 0.3 is 5.65 Å². The van der Waals surface area contributed by atoms with Gasteiger partial charge in [-0.2, -0.15) is 0 Å². The van der Waals surface area contributed by atoms with Crippen molar-refractivity contribution in [3.8, 4) is 11.4 Å². The number of pyridine rings is 1. The maximum absolute atomic E-state index is 5.49. The van der Waals surface area contributed by atoms with E-state index in [9.17, 15) is 0 Å². The minimum atomic E-state index is 0.621. The number of hydrogen-bond donors (Lipinski definition) is 2. The zero-order valence-corrected chi connectivity index (χ0v) is 14.1. The molecule has 0 spiro atoms. The van der Waals surface area contributed by atoms with Crippen LogP contribution in [0.25, 0.3) is 17.0 Å². The van der Waals surface area contributed by atoms with E-state index in [0.717, 1.165) is 27.2 Å². The standard InChI is InChI=1S/C18H20N4S/c1-12-6-5-9-19-17(12)15-10-16(23)21-18-14(11-20-22(15)18)13-7-3-2-4-8-13/h5-6,9-11,13H,2-4,7-8H2,1H3,(H,20,21,23)/p+1. The molecule has 1 aliphatic carbocycles. The maximum atomic E-state index is 5.49. The van der Waals surface area contributed by atoms with E-state index < -0.39 is 0 Å². The Balaban J connectivity index is 1.92. The molecule has 0 aliphatic heterocycles. The molecule has 1 aliphatic rings. The summed E-state index contributed by atoms with van der Waals surface area (Å²) in [6, 6.07) is 6.03. The number of aromatic amines is 2. The van der Waals surface area contributed by atoms with Gasteiger partial charge in [0.15, 0.2) is 10.3 Å². The highest BCUT2D eigenvalue weighted by Crippen LogP contribution is 2.33. The van der Waals surface area contributed by atoms with E-state index in [1.807, 2.05) is 18.3 Å². The molecular formula is C18H21N4S+. The number of aromatic nitrogens is 4. The van der Waals surface area contributed by atoms with Crippen LogP contribution >= 0.6 is 12.2 Å². The molecule has 0 amide bonds. The first-order valence-corrected chi connectivity index (χ1v) is 8.73. The molecule has 3 heterocycles. The molecule has 0 saturated heterocycles. The van der Waals surface area contributed by atoms with Crippen LogP contribution in [0.2, 0.25) is 0 Å². The minimum Gasteiger partial charge on any atom is -0.252 e. The monoisotopic (exact) mass is 325 g/mol. The highest BCUT2D eigenvalue weighted by molar-refractivity contribution is 7.71. The van der Waals surface area contributed by atoms with E-state index in [4.69, 9.17) is 12.2 Å². The third-order valence-corrected chi connectivity index (χ3v) is 5.11. The summed E-state index contributed by atoms with van der Waals surface area (Å²) in [4.78, 5) is 7.94. The number of hydrogen-bond acceptors (Lipinski definition) is 2. The van der Waals surface area contributed by atoms with E-state index in [2.05, 4.69) is 38.8 Å². The smallest absolute Gasteiger partial charge is 0.252 e. The van der Waals surface area contributed by atoms with Crippen LogP contribution in [0.1, 0.15) is 49.1 Å². The van der Waals surface area contributed by atoms with Crippen LogP contribution in [-0.4, -0.2) is 15.1 Å². The Kier molecular flexibility index (Phi) is 3.73. The van der Waals surface area contributed by atoms with E-state index in [1.54, 1.807) is 0 Å². The summed E-state index contributed by atoms with van der Waals surface area (Å²) < 4.78 is 2.84. The highest BCUT2D eigenvalue weighted by atomic mass is 32.1. The minimum absolute atomic E-state index is 0.621. The quantitative estimate of drug-likeness (QED) is 0.547. The molecule has 4 nitrogen and oxygen atoms in total. The van der Waals surface area contributed by atoms with Gasteiger partial charge in [-0.15, -0.1) is 4.52 Å². The summed E-state index contributed by atoms with van der Waals surface area (Å²) in [5.41, 5.74) is 5.58. The number of nitrogens with zero attached hydrogens (tertiary/aromatic N) is 2. The van der Waals surface area contributed by atoms with Gasteiger partial charge in [0.1, 0.15) is 5.69 Å². The molecule has 5 heteroatoms. The van der Waals surface area contributed by atoms with Gasteiger partial charge in [0.25, 0.3) is 0 Å². The van der Waals surface area contributed by atoms with E-state index in [-0.39, 0.29) is 0 Å². The Morgan fingerprint density at radius 2 is 2.09 bits per heavy atom. The fourth-order valence-electron chi connectivity index (χ4n) is 3.71. The summed E-state index contributed by atoms with van der Waals surface area (Å²) in [6.07, 6.45) is 10.5. The summed E-state index contributed by atoms with van der Waals surface area (Å²) in [7, 11) is 0. The first-order valence-electron chi connectivity index (χ1n) is 8.32. The molecule has 0 atom stereocenters. The Bertz CT molecular complexity index is 903. The molecule has 0 bridgehead atoms. The Morgan fingerprint density at radius 3 is 2.87 bits per heavy atom. The number of fused-ring (bicyclic) bond motifs is 1. The van der Waals surface area contributed by atoms with E-state index >= 15 is 0 Å². The molecule has 0 unspecified atom stereocenters. The second-order valence-electron chi connectivity index (χ2n) is 6.44. The topological polar surface area (TPSA) is 48.6 Å². The van der Waals surface area contributed by atoms with E-state index in [0.29, 0.717) is 5.92 Å². The van der Waals surface area contributed by atoms with Gasteiger partial charge in [-0.25, -0.2) is 10.1 Å². The van der Waals surface area contributed by atoms with Crippen molar-refractivity contribution in [2.75, 3.05) is 0 Å². The fraction of sp³-hybridized carbons (Fsp3) is 0.389. The van der Waals surface area contributed by atoms with Crippen LogP contribution < -0.4 is 4.52 Å². The molecule has 1 saturated carbocycles. The SMILES string of the molecule is Cc1cccnc1-c1cc(=S)[nH]c2c(C3CCCCC3)c[nH][n+]12. The van der Waals surface area contributed by atoms with Crippen molar-refractivity contribution >= 4 is 17.9 Å². The number of rotatable bonds is 2. The summed E-state index contributed by atoms with van der Waals surface area (Å²) in [6.45, 7) is 2.08. The Morgan fingerprint density at radius 1 is 1.26 bits per heavy atom. The maximum Gasteiger partial charge on any atom is 0.309 e. The molecule has 118 valence electrons. The molecular weight excluding hydrogens is 304 g/mol. The van der Waals surface area contributed by atoms with Crippen LogP contribution in [0.4, 0.5) is 0 Å². The average Bonchev–Trinajstić information content (AvgIpc) is 2.99. The zero-order chi connectivity index (χ0) is 15.8. The molecule has 4 rings (SSSR count). The Hall–Kier alpha value is -2.01. The van der Waals surface area contributed by atoms with Gasteiger partial charge in [0, 0.05) is 12.3 Å². The molecule has 0 aromatic carbocycles. The summed E-state index contributed by atoms with van der Waals surface area (Å²) in [5, 5.41) is 3.41. The Labute approximate surface area is 140 Å². The third kappa shape index (κ3) is 2.59. The normalized spacial score (nSPS) is 16.0. The number of H-pyrrole nitrogens is 2. The lowest BCUT2D eigenvalue weighted by Gasteiger charge is -2.19. The molecule has 2 N–H and O–H groups in total. The van der Waals surface area contributed by atoms with Crippen molar-refractivity contribution in [3.63, 3.8) is 0 Å². The second kappa shape index (κ2) is 5.89. The zero-order valence-electron chi connectivity index (χ0n) is 13.3. The van der Waals surface area contributed by atoms with Crippen molar-refractivity contribution in [1.82, 2.24) is 15.1 Å². The van der Waals surface area contributed by atoms with Gasteiger partial charge in [0.05, 0.1) is 11.8 Å². The highest BCUT2D eigenvalue weighted by Gasteiger charge is 2.25. The van der Waals surface area contributed by atoms with Crippen molar-refractivity contribution in [2.24, 2.45) is 0 Å². The van der Waals surface area contributed by atoms with E-state index in [1.165, 1.54) is 37.7 Å². The van der Waals surface area contributed by atoms with Crippen molar-refractivity contribution in [2.45, 2.75) is 44.9 Å². The van der Waals surface area contributed by atoms with Crippen molar-refractivity contribution < 1.29 is 4.52 Å². The number of nitrogens with one attached hydrogen (secondary N) is 2. The molecule has 3 aromatic rings.